The summed E-state index contributed by atoms with van der Waals surface area (Å²) in [6.07, 6.45) is 4.03. The molecule has 0 aromatic carbocycles. The second kappa shape index (κ2) is 3.02. The van der Waals surface area contributed by atoms with Crippen LogP contribution in [-0.4, -0.2) is 16.6 Å². The van der Waals surface area contributed by atoms with Gasteiger partial charge in [0.15, 0.2) is 0 Å². The van der Waals surface area contributed by atoms with E-state index in [0.717, 1.165) is 5.82 Å². The number of imidazole rings is 1. The highest BCUT2D eigenvalue weighted by atomic mass is 16.1. The van der Waals surface area contributed by atoms with Crippen LogP contribution in [0.2, 0.25) is 0 Å². The molecule has 0 unspecified atom stereocenters. The molecule has 0 N–H and O–H groups in total. The zero-order valence-corrected chi connectivity index (χ0v) is 9.61. The van der Waals surface area contributed by atoms with Crippen LogP contribution in [0, 0.1) is 0 Å². The molecule has 4 nitrogen and oxygen atoms in total. The van der Waals surface area contributed by atoms with Crippen molar-refractivity contribution in [2.24, 2.45) is 12.0 Å². The van der Waals surface area contributed by atoms with E-state index in [1.807, 2.05) is 22.5 Å². The number of nitrogens with zero attached hydrogens (tertiary/aromatic N) is 3. The van der Waals surface area contributed by atoms with E-state index in [-0.39, 0.29) is 11.3 Å². The number of fused-ring (bicyclic) bond motifs is 1. The van der Waals surface area contributed by atoms with E-state index in [1.54, 1.807) is 6.21 Å². The smallest absolute Gasteiger partial charge is 0.272 e. The first-order valence-electron chi connectivity index (χ1n) is 5.08. The Labute approximate surface area is 89.3 Å². The Kier molecular flexibility index (Phi) is 2.03. The van der Waals surface area contributed by atoms with Gasteiger partial charge in [0.05, 0.1) is 13.5 Å². The number of hydrogen-bond donors (Lipinski definition) is 0. The second-order valence-electron chi connectivity index (χ2n) is 4.88. The number of aromatic nitrogens is 2. The van der Waals surface area contributed by atoms with Gasteiger partial charge in [-0.05, 0) is 20.8 Å². The number of aliphatic imine (C=N–C) groups is 1. The van der Waals surface area contributed by atoms with Gasteiger partial charge >= 0.3 is 0 Å². The van der Waals surface area contributed by atoms with Gasteiger partial charge in [-0.25, -0.2) is 14.1 Å². The van der Waals surface area contributed by atoms with Gasteiger partial charge in [0.1, 0.15) is 5.54 Å². The first-order chi connectivity index (χ1) is 6.91. The van der Waals surface area contributed by atoms with Crippen LogP contribution in [0.4, 0.5) is 5.82 Å². The predicted octanol–water partition coefficient (Wildman–Crippen LogP) is 1.36. The van der Waals surface area contributed by atoms with Crippen molar-refractivity contribution in [1.82, 2.24) is 4.57 Å². The summed E-state index contributed by atoms with van der Waals surface area (Å²) in [7, 11) is 1.89. The lowest BCUT2D eigenvalue weighted by Crippen LogP contribution is -2.34. The zero-order chi connectivity index (χ0) is 11.2. The summed E-state index contributed by atoms with van der Waals surface area (Å²) >= 11 is 0. The molecule has 0 saturated carbocycles. The predicted molar refractivity (Wildman–Crippen MR) is 57.7 cm³/mol. The van der Waals surface area contributed by atoms with Gasteiger partial charge in [-0.3, -0.25) is 4.79 Å². The van der Waals surface area contributed by atoms with Gasteiger partial charge in [-0.1, -0.05) is 0 Å². The molecule has 1 aromatic heterocycles. The van der Waals surface area contributed by atoms with E-state index in [0.29, 0.717) is 12.1 Å². The number of rotatable bonds is 0. The fraction of sp³-hybridized carbons (Fsp3) is 0.545. The number of aryl methyl sites for hydroxylation is 1. The van der Waals surface area contributed by atoms with E-state index < -0.39 is 0 Å². The molecule has 0 aliphatic carbocycles. The Hall–Kier alpha value is -1.45. The molecule has 1 aliphatic rings. The van der Waals surface area contributed by atoms with Crippen LogP contribution in [0.3, 0.4) is 0 Å². The number of carbonyl (C=O) groups is 1. The molecule has 0 fully saturated rings. The molecule has 1 aliphatic heterocycles. The second-order valence-corrected chi connectivity index (χ2v) is 4.88. The highest BCUT2D eigenvalue weighted by Gasteiger charge is 2.33. The minimum Gasteiger partial charge on any atom is -0.289 e. The molecule has 4 heteroatoms. The van der Waals surface area contributed by atoms with E-state index in [9.17, 15) is 4.79 Å². The molecule has 2 heterocycles. The zero-order valence-electron chi connectivity index (χ0n) is 9.61. The Morgan fingerprint density at radius 3 is 2.73 bits per heavy atom. The molecular formula is C11H16N3O+. The molecule has 15 heavy (non-hydrogen) atoms. The van der Waals surface area contributed by atoms with Crippen LogP contribution in [0.25, 0.3) is 0 Å². The third-order valence-corrected chi connectivity index (χ3v) is 2.56. The summed E-state index contributed by atoms with van der Waals surface area (Å²) in [4.78, 5) is 16.0. The average molecular weight is 206 g/mol. The molecule has 1 aromatic rings. The summed E-state index contributed by atoms with van der Waals surface area (Å²) in [5.41, 5.74) is 0.660. The third kappa shape index (κ3) is 1.50. The molecule has 0 atom stereocenters. The van der Waals surface area contributed by atoms with Crippen LogP contribution >= 0.6 is 0 Å². The van der Waals surface area contributed by atoms with Crippen molar-refractivity contribution in [1.29, 1.82) is 0 Å². The van der Waals surface area contributed by atoms with Crippen molar-refractivity contribution in [3.05, 3.63) is 12.0 Å². The summed E-state index contributed by atoms with van der Waals surface area (Å²) in [6.45, 7) is 6.30. The minimum atomic E-state index is -0.0553. The molecule has 0 saturated heterocycles. The third-order valence-electron chi connectivity index (χ3n) is 2.56. The lowest BCUT2D eigenvalue weighted by atomic mass is 10.1. The van der Waals surface area contributed by atoms with Crippen LogP contribution in [0.15, 0.2) is 11.3 Å². The van der Waals surface area contributed by atoms with Crippen molar-refractivity contribution in [3.63, 3.8) is 0 Å². The number of hydrogen-bond acceptors (Lipinski definition) is 2. The number of ketones is 1. The highest BCUT2D eigenvalue weighted by molar-refractivity contribution is 6.07. The monoisotopic (exact) mass is 206 g/mol. The maximum atomic E-state index is 11.7. The molecular weight excluding hydrogens is 190 g/mol. The molecule has 80 valence electrons. The SMILES string of the molecule is C[n+]1cn(C(C)(C)C)c2c1C(=O)CC=N2. The van der Waals surface area contributed by atoms with E-state index in [4.69, 9.17) is 0 Å². The van der Waals surface area contributed by atoms with Gasteiger partial charge in [0, 0.05) is 6.21 Å². The Morgan fingerprint density at radius 1 is 1.47 bits per heavy atom. The van der Waals surface area contributed by atoms with Crippen molar-refractivity contribution >= 4 is 17.8 Å². The molecule has 0 amide bonds. The van der Waals surface area contributed by atoms with E-state index >= 15 is 0 Å². The highest BCUT2D eigenvalue weighted by Crippen LogP contribution is 2.27. The lowest BCUT2D eigenvalue weighted by Gasteiger charge is -2.15. The maximum Gasteiger partial charge on any atom is 0.272 e. The van der Waals surface area contributed by atoms with E-state index in [2.05, 4.69) is 25.8 Å². The van der Waals surface area contributed by atoms with Crippen LogP contribution in [-0.2, 0) is 12.6 Å². The van der Waals surface area contributed by atoms with Crippen molar-refractivity contribution < 1.29 is 9.36 Å². The average Bonchev–Trinajstić information content (AvgIpc) is 2.44. The topological polar surface area (TPSA) is 38.2 Å². The van der Waals surface area contributed by atoms with Crippen LogP contribution in [0.1, 0.15) is 37.7 Å². The fourth-order valence-corrected chi connectivity index (χ4v) is 1.80. The summed E-state index contributed by atoms with van der Waals surface area (Å²) in [5.74, 6) is 0.923. The quantitative estimate of drug-likeness (QED) is 0.590. The maximum absolute atomic E-state index is 11.7. The van der Waals surface area contributed by atoms with Crippen molar-refractivity contribution in [2.75, 3.05) is 0 Å². The van der Waals surface area contributed by atoms with Gasteiger partial charge in [0.2, 0.25) is 17.8 Å². The molecule has 0 bridgehead atoms. The number of Topliss-reactive ketones (excluding diaryl/α,β-unsaturated/α-hetero) is 1. The first kappa shape index (κ1) is 10.1. The Bertz CT molecular complexity index is 449. The molecule has 2 rings (SSSR count). The normalized spacial score (nSPS) is 15.6. The van der Waals surface area contributed by atoms with E-state index in [1.165, 1.54) is 0 Å². The minimum absolute atomic E-state index is 0.0553. The molecule has 0 spiro atoms. The largest absolute Gasteiger partial charge is 0.289 e. The van der Waals surface area contributed by atoms with Gasteiger partial charge in [-0.15, -0.1) is 0 Å². The first-order valence-corrected chi connectivity index (χ1v) is 5.08. The van der Waals surface area contributed by atoms with Gasteiger partial charge < -0.3 is 0 Å². The van der Waals surface area contributed by atoms with Crippen molar-refractivity contribution in [2.45, 2.75) is 32.7 Å². The summed E-state index contributed by atoms with van der Waals surface area (Å²) in [5, 5.41) is 0. The fourth-order valence-electron chi connectivity index (χ4n) is 1.80. The molecule has 0 radical (unpaired) electrons. The summed E-state index contributed by atoms with van der Waals surface area (Å²) in [6, 6.07) is 0. The number of carbonyl (C=O) groups excluding carboxylic acids is 1. The van der Waals surface area contributed by atoms with Crippen LogP contribution < -0.4 is 4.57 Å². The Balaban J connectivity index is 2.68. The lowest BCUT2D eigenvalue weighted by molar-refractivity contribution is -0.672. The standard InChI is InChI=1S/C11H16N3O/c1-11(2,3)14-7-13(4)9-8(15)5-6-12-10(9)14/h6-7H,5H2,1-4H3/q+1. The van der Waals surface area contributed by atoms with Crippen molar-refractivity contribution in [3.8, 4) is 0 Å². The van der Waals surface area contributed by atoms with Gasteiger partial charge in [0.25, 0.3) is 5.82 Å². The summed E-state index contributed by atoms with van der Waals surface area (Å²) < 4.78 is 3.90. The Morgan fingerprint density at radius 2 is 2.13 bits per heavy atom. The van der Waals surface area contributed by atoms with Gasteiger partial charge in [-0.2, -0.15) is 0 Å². The van der Waals surface area contributed by atoms with Crippen LogP contribution in [0.5, 0.6) is 0 Å².